The summed E-state index contributed by atoms with van der Waals surface area (Å²) in [6.45, 7) is 1.39. The van der Waals surface area contributed by atoms with Gasteiger partial charge in [0.2, 0.25) is 0 Å². The first kappa shape index (κ1) is 11.4. The lowest BCUT2D eigenvalue weighted by Gasteiger charge is -2.29. The molecule has 2 unspecified atom stereocenters. The fraction of sp³-hybridized carbons (Fsp3) is 0.692. The second-order valence-electron chi connectivity index (χ2n) is 4.73. The summed E-state index contributed by atoms with van der Waals surface area (Å²) < 4.78 is 5.15. The number of carbonyl (C=O) groups excluding carboxylic acids is 2. The zero-order valence-electron chi connectivity index (χ0n) is 9.70. The van der Waals surface area contributed by atoms with Crippen molar-refractivity contribution < 1.29 is 14.3 Å². The number of rotatable bonds is 1. The van der Waals surface area contributed by atoms with Crippen molar-refractivity contribution in [3.05, 3.63) is 11.8 Å². The summed E-state index contributed by atoms with van der Waals surface area (Å²) in [7, 11) is 0. The van der Waals surface area contributed by atoms with E-state index in [9.17, 15) is 9.59 Å². The molecule has 2 bridgehead atoms. The quantitative estimate of drug-likeness (QED) is 0.640. The molecule has 0 amide bonds. The standard InChI is InChI=1S/C13H18O3/c1-9(14)16-12-8-7-10-5-3-2-4-6-11(12)13(10)15/h8,10-11H,2-7H2,1H3. The highest BCUT2D eigenvalue weighted by Gasteiger charge is 2.35. The van der Waals surface area contributed by atoms with E-state index >= 15 is 0 Å². The predicted molar refractivity (Wildman–Crippen MR) is 59.5 cm³/mol. The Bertz CT molecular complexity index is 330. The summed E-state index contributed by atoms with van der Waals surface area (Å²) >= 11 is 0. The zero-order valence-corrected chi connectivity index (χ0v) is 9.70. The second-order valence-corrected chi connectivity index (χ2v) is 4.73. The molecular formula is C13H18O3. The van der Waals surface area contributed by atoms with Gasteiger partial charge in [-0.2, -0.15) is 0 Å². The van der Waals surface area contributed by atoms with E-state index in [1.165, 1.54) is 13.3 Å². The van der Waals surface area contributed by atoms with Crippen molar-refractivity contribution in [3.8, 4) is 0 Å². The van der Waals surface area contributed by atoms with Crippen molar-refractivity contribution in [2.24, 2.45) is 11.8 Å². The molecule has 0 radical (unpaired) electrons. The van der Waals surface area contributed by atoms with Crippen molar-refractivity contribution in [2.45, 2.75) is 45.4 Å². The summed E-state index contributed by atoms with van der Waals surface area (Å²) in [5.74, 6) is 0.598. The van der Waals surface area contributed by atoms with Crippen LogP contribution in [0.5, 0.6) is 0 Å². The van der Waals surface area contributed by atoms with Crippen LogP contribution in [0.1, 0.15) is 45.4 Å². The van der Waals surface area contributed by atoms with Crippen molar-refractivity contribution in [1.82, 2.24) is 0 Å². The van der Waals surface area contributed by atoms with Crippen LogP contribution in [0.15, 0.2) is 11.8 Å². The van der Waals surface area contributed by atoms with Crippen molar-refractivity contribution in [1.29, 1.82) is 0 Å². The normalized spacial score (nSPS) is 30.1. The molecule has 2 atom stereocenters. The lowest BCUT2D eigenvalue weighted by molar-refractivity contribution is -0.139. The van der Waals surface area contributed by atoms with Gasteiger partial charge in [-0.25, -0.2) is 0 Å². The van der Waals surface area contributed by atoms with Gasteiger partial charge in [-0.1, -0.05) is 19.3 Å². The Balaban J connectivity index is 2.17. The molecule has 2 aliphatic carbocycles. The number of esters is 1. The number of carbonyl (C=O) groups is 2. The van der Waals surface area contributed by atoms with E-state index < -0.39 is 0 Å². The van der Waals surface area contributed by atoms with Gasteiger partial charge in [0.05, 0.1) is 5.92 Å². The Morgan fingerprint density at radius 1 is 1.31 bits per heavy atom. The predicted octanol–water partition coefficient (Wildman–Crippen LogP) is 2.60. The first-order valence-corrected chi connectivity index (χ1v) is 6.10. The van der Waals surface area contributed by atoms with Crippen LogP contribution < -0.4 is 0 Å². The molecule has 0 N–H and O–H groups in total. The monoisotopic (exact) mass is 222 g/mol. The highest BCUT2D eigenvalue weighted by molar-refractivity contribution is 5.87. The molecule has 1 saturated carbocycles. The summed E-state index contributed by atoms with van der Waals surface area (Å²) in [5.41, 5.74) is 0. The maximum absolute atomic E-state index is 12.1. The van der Waals surface area contributed by atoms with Crippen LogP contribution in [0.3, 0.4) is 0 Å². The molecule has 3 nitrogen and oxygen atoms in total. The maximum Gasteiger partial charge on any atom is 0.307 e. The number of hydrogen-bond donors (Lipinski definition) is 0. The second kappa shape index (κ2) is 4.81. The lowest BCUT2D eigenvalue weighted by atomic mass is 9.77. The van der Waals surface area contributed by atoms with E-state index in [-0.39, 0.29) is 17.8 Å². The fourth-order valence-corrected chi connectivity index (χ4v) is 2.68. The van der Waals surface area contributed by atoms with E-state index in [0.717, 1.165) is 32.1 Å². The number of Topliss-reactive ketones (excluding diaryl/α,β-unsaturated/α-hetero) is 1. The summed E-state index contributed by atoms with van der Waals surface area (Å²) in [6, 6.07) is 0. The van der Waals surface area contributed by atoms with Gasteiger partial charge < -0.3 is 4.74 Å². The van der Waals surface area contributed by atoms with Crippen molar-refractivity contribution >= 4 is 11.8 Å². The molecule has 0 aromatic heterocycles. The van der Waals surface area contributed by atoms with E-state index in [2.05, 4.69) is 0 Å². The molecule has 0 aromatic carbocycles. The van der Waals surface area contributed by atoms with E-state index in [1.54, 1.807) is 0 Å². The average molecular weight is 222 g/mol. The van der Waals surface area contributed by atoms with Crippen LogP contribution in [0.4, 0.5) is 0 Å². The molecule has 0 spiro atoms. The number of fused-ring (bicyclic) bond motifs is 2. The van der Waals surface area contributed by atoms with E-state index in [1.807, 2.05) is 6.08 Å². The molecule has 88 valence electrons. The molecule has 0 aliphatic heterocycles. The number of allylic oxidation sites excluding steroid dienone is 2. The van der Waals surface area contributed by atoms with E-state index in [4.69, 9.17) is 4.74 Å². The lowest BCUT2D eigenvalue weighted by Crippen LogP contribution is -2.31. The Morgan fingerprint density at radius 3 is 2.81 bits per heavy atom. The number of hydrogen-bond acceptors (Lipinski definition) is 3. The Labute approximate surface area is 95.9 Å². The minimum absolute atomic E-state index is 0.150. The highest BCUT2D eigenvalue weighted by Crippen LogP contribution is 2.35. The van der Waals surface area contributed by atoms with Crippen LogP contribution in [0.25, 0.3) is 0 Å². The van der Waals surface area contributed by atoms with Crippen LogP contribution in [0, 0.1) is 11.8 Å². The van der Waals surface area contributed by atoms with Gasteiger partial charge in [0, 0.05) is 12.8 Å². The average Bonchev–Trinajstić information content (AvgIpc) is 2.22. The molecule has 0 heterocycles. The third-order valence-corrected chi connectivity index (χ3v) is 3.50. The van der Waals surface area contributed by atoms with Crippen LogP contribution in [-0.4, -0.2) is 11.8 Å². The molecule has 2 aliphatic rings. The van der Waals surface area contributed by atoms with Crippen molar-refractivity contribution in [2.75, 3.05) is 0 Å². The number of ether oxygens (including phenoxy) is 1. The molecule has 3 heteroatoms. The van der Waals surface area contributed by atoms with Crippen molar-refractivity contribution in [3.63, 3.8) is 0 Å². The molecule has 0 aromatic rings. The van der Waals surface area contributed by atoms with Gasteiger partial charge in [-0.05, 0) is 25.3 Å². The molecule has 0 saturated heterocycles. The van der Waals surface area contributed by atoms with Gasteiger partial charge in [-0.3, -0.25) is 9.59 Å². The van der Waals surface area contributed by atoms with Crippen LogP contribution in [0.2, 0.25) is 0 Å². The third kappa shape index (κ3) is 2.34. The minimum atomic E-state index is -0.320. The minimum Gasteiger partial charge on any atom is -0.431 e. The fourth-order valence-electron chi connectivity index (χ4n) is 2.68. The molecule has 16 heavy (non-hydrogen) atoms. The molecule has 2 rings (SSSR count). The van der Waals surface area contributed by atoms with Gasteiger partial charge in [0.25, 0.3) is 0 Å². The number of ketones is 1. The Morgan fingerprint density at radius 2 is 2.06 bits per heavy atom. The van der Waals surface area contributed by atoms with Gasteiger partial charge in [0.1, 0.15) is 11.5 Å². The largest absolute Gasteiger partial charge is 0.431 e. The van der Waals surface area contributed by atoms with Gasteiger partial charge >= 0.3 is 5.97 Å². The Hall–Kier alpha value is -1.12. The highest BCUT2D eigenvalue weighted by atomic mass is 16.5. The van der Waals surface area contributed by atoms with Gasteiger partial charge in [0.15, 0.2) is 0 Å². The van der Waals surface area contributed by atoms with Gasteiger partial charge in [-0.15, -0.1) is 0 Å². The summed E-state index contributed by atoms with van der Waals surface area (Å²) in [4.78, 5) is 23.1. The third-order valence-electron chi connectivity index (χ3n) is 3.50. The Kier molecular flexibility index (Phi) is 3.42. The topological polar surface area (TPSA) is 43.4 Å². The first-order chi connectivity index (χ1) is 7.68. The first-order valence-electron chi connectivity index (χ1n) is 6.10. The summed E-state index contributed by atoms with van der Waals surface area (Å²) in [5, 5.41) is 0. The van der Waals surface area contributed by atoms with E-state index in [0.29, 0.717) is 11.5 Å². The smallest absolute Gasteiger partial charge is 0.307 e. The zero-order chi connectivity index (χ0) is 11.5. The SMILES string of the molecule is CC(=O)OC1=CCC2CCCCCC1C2=O. The van der Waals surface area contributed by atoms with Crippen LogP contribution in [-0.2, 0) is 14.3 Å². The molecular weight excluding hydrogens is 204 g/mol. The maximum atomic E-state index is 12.1. The molecule has 1 fully saturated rings. The van der Waals surface area contributed by atoms with Crippen LogP contribution >= 0.6 is 0 Å². The summed E-state index contributed by atoms with van der Waals surface area (Å²) in [6.07, 6.45) is 7.93.